The topological polar surface area (TPSA) is 78.9 Å². The maximum atomic E-state index is 12.9. The fourth-order valence-corrected chi connectivity index (χ4v) is 8.53. The maximum absolute atomic E-state index is 12.9. The van der Waals surface area contributed by atoms with E-state index in [1.807, 2.05) is 0 Å². The summed E-state index contributed by atoms with van der Waals surface area (Å²) in [6, 6.07) is 0. The molecule has 0 N–H and O–H groups in total. The summed E-state index contributed by atoms with van der Waals surface area (Å²) in [6.07, 6.45) is 85.2. The molecule has 0 saturated carbocycles. The van der Waals surface area contributed by atoms with E-state index in [1.54, 1.807) is 0 Å². The molecule has 0 rings (SSSR count). The first-order chi connectivity index (χ1) is 37.0. The summed E-state index contributed by atoms with van der Waals surface area (Å²) in [5.74, 6) is -0.939. The third-order valence-electron chi connectivity index (χ3n) is 13.2. The van der Waals surface area contributed by atoms with Crippen molar-refractivity contribution in [3.05, 3.63) is 109 Å². The Morgan fingerprint density at radius 1 is 0.280 bits per heavy atom. The zero-order valence-electron chi connectivity index (χ0n) is 49.0. The number of ether oxygens (including phenoxy) is 3. The average Bonchev–Trinajstić information content (AvgIpc) is 3.41. The Balaban J connectivity index is 4.37. The fraction of sp³-hybridized carbons (Fsp3) is 0.696. The highest BCUT2D eigenvalue weighted by Gasteiger charge is 2.19. The molecule has 0 heterocycles. The molecule has 0 aliphatic heterocycles. The summed E-state index contributed by atoms with van der Waals surface area (Å²) in [5, 5.41) is 0. The number of allylic oxidation sites excluding steroid dienone is 18. The van der Waals surface area contributed by atoms with Crippen LogP contribution in [0.25, 0.3) is 0 Å². The minimum atomic E-state index is -0.802. The van der Waals surface area contributed by atoms with Crippen LogP contribution in [-0.4, -0.2) is 37.2 Å². The van der Waals surface area contributed by atoms with Gasteiger partial charge in [-0.15, -0.1) is 0 Å². The molecule has 428 valence electrons. The van der Waals surface area contributed by atoms with Crippen LogP contribution in [0, 0.1) is 0 Å². The smallest absolute Gasteiger partial charge is 0.306 e. The van der Waals surface area contributed by atoms with E-state index in [4.69, 9.17) is 14.2 Å². The van der Waals surface area contributed by atoms with Gasteiger partial charge in [-0.1, -0.05) is 252 Å². The van der Waals surface area contributed by atoms with Crippen LogP contribution in [0.4, 0.5) is 0 Å². The molecule has 1 unspecified atom stereocenters. The maximum Gasteiger partial charge on any atom is 0.306 e. The number of carbonyl (C=O) groups excluding carboxylic acids is 3. The zero-order chi connectivity index (χ0) is 54.3. The summed E-state index contributed by atoms with van der Waals surface area (Å²) >= 11 is 0. The second kappa shape index (κ2) is 62.6. The van der Waals surface area contributed by atoms with Gasteiger partial charge in [-0.2, -0.15) is 0 Å². The van der Waals surface area contributed by atoms with Gasteiger partial charge in [-0.25, -0.2) is 0 Å². The number of hydrogen-bond donors (Lipinski definition) is 0. The van der Waals surface area contributed by atoms with Crippen LogP contribution in [0.1, 0.15) is 290 Å². The van der Waals surface area contributed by atoms with Crippen molar-refractivity contribution >= 4 is 17.9 Å². The Morgan fingerprint density at radius 3 is 0.853 bits per heavy atom. The molecule has 0 saturated heterocycles. The van der Waals surface area contributed by atoms with Crippen molar-refractivity contribution in [1.82, 2.24) is 0 Å². The Kier molecular flexibility index (Phi) is 59.3. The first-order valence-corrected chi connectivity index (χ1v) is 31.4. The van der Waals surface area contributed by atoms with E-state index in [0.29, 0.717) is 19.3 Å². The lowest BCUT2D eigenvalue weighted by Gasteiger charge is -2.18. The Hall–Kier alpha value is -3.93. The second-order valence-corrected chi connectivity index (χ2v) is 20.6. The highest BCUT2D eigenvalue weighted by Crippen LogP contribution is 2.15. The number of hydrogen-bond acceptors (Lipinski definition) is 6. The minimum absolute atomic E-state index is 0.0961. The molecular weight excluding hydrogens is 925 g/mol. The summed E-state index contributed by atoms with van der Waals surface area (Å²) in [5.41, 5.74) is 0. The van der Waals surface area contributed by atoms with Crippen LogP contribution in [0.15, 0.2) is 109 Å². The lowest BCUT2D eigenvalue weighted by Crippen LogP contribution is -2.30. The molecule has 0 radical (unpaired) electrons. The largest absolute Gasteiger partial charge is 0.462 e. The molecule has 0 aromatic carbocycles. The van der Waals surface area contributed by atoms with Gasteiger partial charge in [-0.3, -0.25) is 14.4 Å². The van der Waals surface area contributed by atoms with E-state index >= 15 is 0 Å². The van der Waals surface area contributed by atoms with Crippen molar-refractivity contribution in [2.24, 2.45) is 0 Å². The van der Waals surface area contributed by atoms with E-state index in [9.17, 15) is 14.4 Å². The quantitative estimate of drug-likeness (QED) is 0.0261. The standard InChI is InChI=1S/C69H116O6/c1-4-7-10-13-16-19-22-25-27-29-31-32-33-34-35-36-38-39-41-44-47-50-53-56-59-62-68(71)74-65-66(64-73-67(70)61-58-55-52-49-46-43-24-21-18-15-12-9-6-3)75-69(72)63-60-57-54-51-48-45-42-40-37-30-28-26-23-20-17-14-11-8-5-2/h9,12,17-18,20-22,25-26,28-29,31,33-34,37,40,43,46,66H,4-8,10-11,13-16,19,23-24,27,30,32,35-36,38-39,41-42,44-45,47-65H2,1-3H3/b12-9-,20-17-,21-18-,25-22-,28-26-,31-29-,34-33-,40-37-,46-43-. The van der Waals surface area contributed by atoms with Crippen molar-refractivity contribution in [2.75, 3.05) is 13.2 Å². The molecule has 0 fully saturated rings. The van der Waals surface area contributed by atoms with Crippen molar-refractivity contribution in [3.8, 4) is 0 Å². The van der Waals surface area contributed by atoms with Crippen molar-refractivity contribution in [2.45, 2.75) is 297 Å². The molecular formula is C69H116O6. The van der Waals surface area contributed by atoms with Crippen LogP contribution in [0.3, 0.4) is 0 Å². The van der Waals surface area contributed by atoms with Gasteiger partial charge in [0, 0.05) is 19.3 Å². The monoisotopic (exact) mass is 1040 g/mol. The van der Waals surface area contributed by atoms with Gasteiger partial charge < -0.3 is 14.2 Å². The number of rotatable bonds is 56. The van der Waals surface area contributed by atoms with Gasteiger partial charge in [0.05, 0.1) is 0 Å². The lowest BCUT2D eigenvalue weighted by molar-refractivity contribution is -0.167. The predicted molar refractivity (Wildman–Crippen MR) is 325 cm³/mol. The second-order valence-electron chi connectivity index (χ2n) is 20.6. The van der Waals surface area contributed by atoms with Crippen LogP contribution in [0.5, 0.6) is 0 Å². The average molecular weight is 1040 g/mol. The highest BCUT2D eigenvalue weighted by atomic mass is 16.6. The molecule has 1 atom stereocenters. The van der Waals surface area contributed by atoms with Crippen molar-refractivity contribution < 1.29 is 28.6 Å². The van der Waals surface area contributed by atoms with Gasteiger partial charge in [0.15, 0.2) is 6.10 Å². The normalized spacial score (nSPS) is 12.8. The van der Waals surface area contributed by atoms with Gasteiger partial charge in [0.1, 0.15) is 13.2 Å². The molecule has 0 bridgehead atoms. The Labute approximate surface area is 463 Å². The lowest BCUT2D eigenvalue weighted by atomic mass is 10.1. The highest BCUT2D eigenvalue weighted by molar-refractivity contribution is 5.71. The molecule has 0 spiro atoms. The van der Waals surface area contributed by atoms with E-state index in [1.165, 1.54) is 128 Å². The summed E-state index contributed by atoms with van der Waals surface area (Å²) in [7, 11) is 0. The molecule has 75 heavy (non-hydrogen) atoms. The molecule has 0 aromatic heterocycles. The van der Waals surface area contributed by atoms with Crippen molar-refractivity contribution in [1.29, 1.82) is 0 Å². The van der Waals surface area contributed by atoms with Crippen LogP contribution >= 0.6 is 0 Å². The van der Waals surface area contributed by atoms with E-state index in [2.05, 4.69) is 130 Å². The molecule has 0 aromatic rings. The van der Waals surface area contributed by atoms with Gasteiger partial charge >= 0.3 is 17.9 Å². The predicted octanol–water partition coefficient (Wildman–Crippen LogP) is 21.4. The van der Waals surface area contributed by atoms with Crippen molar-refractivity contribution in [3.63, 3.8) is 0 Å². The molecule has 6 heteroatoms. The molecule has 0 aliphatic rings. The summed E-state index contributed by atoms with van der Waals surface area (Å²) < 4.78 is 16.9. The van der Waals surface area contributed by atoms with Crippen LogP contribution in [0.2, 0.25) is 0 Å². The number of carbonyl (C=O) groups is 3. The van der Waals surface area contributed by atoms with E-state index in [0.717, 1.165) is 122 Å². The third-order valence-corrected chi connectivity index (χ3v) is 13.2. The molecule has 6 nitrogen and oxygen atoms in total. The van der Waals surface area contributed by atoms with Crippen LogP contribution in [-0.2, 0) is 28.6 Å². The summed E-state index contributed by atoms with van der Waals surface area (Å²) in [4.78, 5) is 38.3. The fourth-order valence-electron chi connectivity index (χ4n) is 8.53. The molecule has 0 aliphatic carbocycles. The van der Waals surface area contributed by atoms with E-state index < -0.39 is 6.10 Å². The van der Waals surface area contributed by atoms with E-state index in [-0.39, 0.29) is 31.1 Å². The molecule has 0 amide bonds. The first-order valence-electron chi connectivity index (χ1n) is 31.4. The summed E-state index contributed by atoms with van der Waals surface area (Å²) in [6.45, 7) is 6.46. The first kappa shape index (κ1) is 71.1. The number of unbranched alkanes of at least 4 members (excludes halogenated alkanes) is 27. The Morgan fingerprint density at radius 2 is 0.520 bits per heavy atom. The van der Waals surface area contributed by atoms with Crippen LogP contribution < -0.4 is 0 Å². The zero-order valence-corrected chi connectivity index (χ0v) is 49.0. The van der Waals surface area contributed by atoms with Gasteiger partial charge in [0.25, 0.3) is 0 Å². The minimum Gasteiger partial charge on any atom is -0.462 e. The SMILES string of the molecule is CC/C=C\C/C=C\C/C=C\CCCCCC(=O)OCC(COC(=O)CCCCCCCCCCCC/C=C\C/C=C\C/C=C\CCCCCCC)OC(=O)CCCCCCCC/C=C\C/C=C\C/C=C\CCCCC. The van der Waals surface area contributed by atoms with Gasteiger partial charge in [0.2, 0.25) is 0 Å². The third kappa shape index (κ3) is 60.8. The van der Waals surface area contributed by atoms with Gasteiger partial charge in [-0.05, 0) is 128 Å². The Bertz CT molecular complexity index is 1520. The number of esters is 3.